The molecule has 1 aliphatic rings. The van der Waals surface area contributed by atoms with Crippen molar-refractivity contribution in [1.29, 1.82) is 0 Å². The van der Waals surface area contributed by atoms with Crippen molar-refractivity contribution in [3.8, 4) is 11.8 Å². The van der Waals surface area contributed by atoms with E-state index in [-0.39, 0.29) is 0 Å². The lowest BCUT2D eigenvalue weighted by atomic mass is 9.98. The minimum absolute atomic E-state index is 0.371. The van der Waals surface area contributed by atoms with E-state index in [2.05, 4.69) is 28.5 Å². The number of nitrogens with zero attached hydrogens (tertiary/aromatic N) is 1. The van der Waals surface area contributed by atoms with Crippen LogP contribution in [0.15, 0.2) is 0 Å². The van der Waals surface area contributed by atoms with Gasteiger partial charge in [0.2, 0.25) is 0 Å². The molecular weight excluding hydrogens is 166 g/mol. The summed E-state index contributed by atoms with van der Waals surface area (Å²) in [5.74, 6) is 5.37. The van der Waals surface area contributed by atoms with E-state index in [0.717, 1.165) is 25.9 Å². The van der Waals surface area contributed by atoms with Crippen molar-refractivity contribution < 1.29 is 9.53 Å². The maximum Gasteiger partial charge on any atom is 0.384 e. The van der Waals surface area contributed by atoms with Gasteiger partial charge in [0.15, 0.2) is 0 Å². The van der Waals surface area contributed by atoms with Crippen LogP contribution in [0.2, 0.25) is 0 Å². The minimum Gasteiger partial charge on any atom is -0.459 e. The molecule has 0 spiro atoms. The van der Waals surface area contributed by atoms with E-state index >= 15 is 0 Å². The molecule has 0 saturated carbocycles. The van der Waals surface area contributed by atoms with E-state index in [1.165, 1.54) is 7.11 Å². The molecule has 1 saturated heterocycles. The summed E-state index contributed by atoms with van der Waals surface area (Å²) in [7, 11) is 3.45. The summed E-state index contributed by atoms with van der Waals surface area (Å²) in [6.45, 7) is 2.14. The predicted molar refractivity (Wildman–Crippen MR) is 50.0 cm³/mol. The zero-order valence-corrected chi connectivity index (χ0v) is 8.17. The van der Waals surface area contributed by atoms with Gasteiger partial charge in [0.1, 0.15) is 0 Å². The number of hydrogen-bond acceptors (Lipinski definition) is 3. The lowest BCUT2D eigenvalue weighted by molar-refractivity contribution is -0.133. The zero-order chi connectivity index (χ0) is 9.68. The van der Waals surface area contributed by atoms with E-state index in [0.29, 0.717) is 5.92 Å². The zero-order valence-electron chi connectivity index (χ0n) is 8.17. The van der Waals surface area contributed by atoms with Gasteiger partial charge in [-0.25, -0.2) is 4.79 Å². The molecule has 0 atom stereocenters. The van der Waals surface area contributed by atoms with Crippen molar-refractivity contribution in [2.75, 3.05) is 27.2 Å². The molecule has 3 heteroatoms. The first-order valence-electron chi connectivity index (χ1n) is 4.50. The molecule has 72 valence electrons. The van der Waals surface area contributed by atoms with Gasteiger partial charge in [0, 0.05) is 11.8 Å². The maximum absolute atomic E-state index is 10.7. The summed E-state index contributed by atoms with van der Waals surface area (Å²) in [5, 5.41) is 0. The van der Waals surface area contributed by atoms with Crippen molar-refractivity contribution in [3.63, 3.8) is 0 Å². The standard InChI is InChI=1S/C10H15NO2/c1-11-7-5-9(6-8-11)3-4-10(12)13-2/h9H,5-8H2,1-2H3. The van der Waals surface area contributed by atoms with Crippen LogP contribution in [0.5, 0.6) is 0 Å². The van der Waals surface area contributed by atoms with E-state index in [9.17, 15) is 4.79 Å². The largest absolute Gasteiger partial charge is 0.459 e. The fourth-order valence-corrected chi connectivity index (χ4v) is 1.36. The van der Waals surface area contributed by atoms with Crippen molar-refractivity contribution in [3.05, 3.63) is 0 Å². The number of methoxy groups -OCH3 is 1. The van der Waals surface area contributed by atoms with Gasteiger partial charge >= 0.3 is 5.97 Å². The van der Waals surface area contributed by atoms with Crippen molar-refractivity contribution >= 4 is 5.97 Å². The molecule has 0 aliphatic carbocycles. The molecule has 0 unspecified atom stereocenters. The van der Waals surface area contributed by atoms with E-state index in [1.807, 2.05) is 0 Å². The van der Waals surface area contributed by atoms with Crippen LogP contribution in [0.25, 0.3) is 0 Å². The Hall–Kier alpha value is -1.01. The smallest absolute Gasteiger partial charge is 0.384 e. The van der Waals surface area contributed by atoms with Crippen LogP contribution < -0.4 is 0 Å². The number of piperidine rings is 1. The first-order valence-corrected chi connectivity index (χ1v) is 4.50. The number of esters is 1. The Morgan fingerprint density at radius 2 is 2.08 bits per heavy atom. The Labute approximate surface area is 79.1 Å². The summed E-state index contributed by atoms with van der Waals surface area (Å²) in [6, 6.07) is 0. The molecule has 0 bridgehead atoms. The quantitative estimate of drug-likeness (QED) is 0.310. The molecule has 3 nitrogen and oxygen atoms in total. The van der Waals surface area contributed by atoms with Crippen molar-refractivity contribution in [2.45, 2.75) is 12.8 Å². The van der Waals surface area contributed by atoms with Crippen LogP contribution in [0, 0.1) is 17.8 Å². The molecule has 0 aromatic rings. The number of carbonyl (C=O) groups excluding carboxylic acids is 1. The van der Waals surface area contributed by atoms with Gasteiger partial charge in [-0.3, -0.25) is 0 Å². The normalized spacial score (nSPS) is 18.9. The summed E-state index contributed by atoms with van der Waals surface area (Å²) in [4.78, 5) is 13.0. The second kappa shape index (κ2) is 4.88. The van der Waals surface area contributed by atoms with Crippen LogP contribution in [0.1, 0.15) is 12.8 Å². The van der Waals surface area contributed by atoms with Crippen molar-refractivity contribution in [2.24, 2.45) is 5.92 Å². The highest BCUT2D eigenvalue weighted by Crippen LogP contribution is 2.14. The number of hydrogen-bond donors (Lipinski definition) is 0. The maximum atomic E-state index is 10.7. The average molecular weight is 181 g/mol. The minimum atomic E-state index is -0.432. The topological polar surface area (TPSA) is 29.5 Å². The summed E-state index contributed by atoms with van der Waals surface area (Å²) in [5.41, 5.74) is 0. The first kappa shape index (κ1) is 10.1. The van der Waals surface area contributed by atoms with Gasteiger partial charge in [-0.15, -0.1) is 0 Å². The van der Waals surface area contributed by atoms with Crippen molar-refractivity contribution in [1.82, 2.24) is 4.90 Å². The third-order valence-electron chi connectivity index (χ3n) is 2.28. The molecule has 0 amide bonds. The second-order valence-electron chi connectivity index (χ2n) is 3.34. The Kier molecular flexibility index (Phi) is 3.78. The lowest BCUT2D eigenvalue weighted by Crippen LogP contribution is -2.29. The van der Waals surface area contributed by atoms with Crippen LogP contribution in [0.3, 0.4) is 0 Å². The fraction of sp³-hybridized carbons (Fsp3) is 0.700. The molecule has 1 fully saturated rings. The summed E-state index contributed by atoms with van der Waals surface area (Å²) in [6.07, 6.45) is 2.11. The summed E-state index contributed by atoms with van der Waals surface area (Å²) < 4.78 is 4.44. The molecule has 13 heavy (non-hydrogen) atoms. The average Bonchev–Trinajstić information content (AvgIpc) is 2.16. The summed E-state index contributed by atoms with van der Waals surface area (Å²) >= 11 is 0. The number of ether oxygens (including phenoxy) is 1. The number of carbonyl (C=O) groups is 1. The molecule has 0 radical (unpaired) electrons. The fourth-order valence-electron chi connectivity index (χ4n) is 1.36. The molecule has 1 heterocycles. The SMILES string of the molecule is COC(=O)C#CC1CCN(C)CC1. The highest BCUT2D eigenvalue weighted by molar-refractivity contribution is 5.88. The highest BCUT2D eigenvalue weighted by Gasteiger charge is 2.14. The van der Waals surface area contributed by atoms with Crippen LogP contribution in [-0.4, -0.2) is 38.1 Å². The Balaban J connectivity index is 2.36. The van der Waals surface area contributed by atoms with Gasteiger partial charge < -0.3 is 9.64 Å². The highest BCUT2D eigenvalue weighted by atomic mass is 16.5. The molecule has 0 aromatic heterocycles. The lowest BCUT2D eigenvalue weighted by Gasteiger charge is -2.25. The van der Waals surface area contributed by atoms with Gasteiger partial charge in [-0.1, -0.05) is 5.92 Å². The Morgan fingerprint density at radius 1 is 1.46 bits per heavy atom. The molecule has 0 aromatic carbocycles. The van der Waals surface area contributed by atoms with E-state index < -0.39 is 5.97 Å². The predicted octanol–water partition coefficient (Wildman–Crippen LogP) is 0.505. The van der Waals surface area contributed by atoms with Gasteiger partial charge in [0.05, 0.1) is 7.11 Å². The second-order valence-corrected chi connectivity index (χ2v) is 3.34. The van der Waals surface area contributed by atoms with Crippen LogP contribution >= 0.6 is 0 Å². The first-order chi connectivity index (χ1) is 6.22. The number of likely N-dealkylation sites (tertiary alicyclic amines) is 1. The molecule has 1 rings (SSSR count). The van der Waals surface area contributed by atoms with E-state index in [4.69, 9.17) is 0 Å². The monoisotopic (exact) mass is 181 g/mol. The molecular formula is C10H15NO2. The third-order valence-corrected chi connectivity index (χ3v) is 2.28. The van der Waals surface area contributed by atoms with Crippen LogP contribution in [-0.2, 0) is 9.53 Å². The van der Waals surface area contributed by atoms with Gasteiger partial charge in [-0.2, -0.15) is 0 Å². The molecule has 0 N–H and O–H groups in total. The third kappa shape index (κ3) is 3.47. The number of rotatable bonds is 0. The molecule has 1 aliphatic heterocycles. The van der Waals surface area contributed by atoms with Gasteiger partial charge in [-0.05, 0) is 33.0 Å². The van der Waals surface area contributed by atoms with Gasteiger partial charge in [0.25, 0.3) is 0 Å². The Bertz CT molecular complexity index is 231. The van der Waals surface area contributed by atoms with Crippen LogP contribution in [0.4, 0.5) is 0 Å². The van der Waals surface area contributed by atoms with E-state index in [1.54, 1.807) is 0 Å². The Morgan fingerprint density at radius 3 is 2.62 bits per heavy atom.